The molecule has 2 heterocycles. The summed E-state index contributed by atoms with van der Waals surface area (Å²) in [6.07, 6.45) is 1.77. The van der Waals surface area contributed by atoms with Crippen LogP contribution >= 0.6 is 0 Å². The SMILES string of the molecule is Cc1ccc(C(C)Nc2nn(C)cc2N)o1. The van der Waals surface area contributed by atoms with Gasteiger partial charge in [0.15, 0.2) is 5.82 Å². The lowest BCUT2D eigenvalue weighted by atomic mass is 10.2. The van der Waals surface area contributed by atoms with Gasteiger partial charge in [0.25, 0.3) is 0 Å². The predicted molar refractivity (Wildman–Crippen MR) is 63.1 cm³/mol. The van der Waals surface area contributed by atoms with Gasteiger partial charge in [-0.3, -0.25) is 4.68 Å². The number of aromatic nitrogens is 2. The minimum atomic E-state index is 0.0471. The van der Waals surface area contributed by atoms with E-state index in [4.69, 9.17) is 10.2 Å². The zero-order valence-corrected chi connectivity index (χ0v) is 9.69. The number of nitrogens with one attached hydrogen (secondary N) is 1. The molecule has 5 heteroatoms. The maximum Gasteiger partial charge on any atom is 0.171 e. The first kappa shape index (κ1) is 10.6. The summed E-state index contributed by atoms with van der Waals surface area (Å²) in [4.78, 5) is 0. The van der Waals surface area contributed by atoms with Gasteiger partial charge in [-0.15, -0.1) is 0 Å². The molecule has 0 saturated carbocycles. The smallest absolute Gasteiger partial charge is 0.171 e. The van der Waals surface area contributed by atoms with Gasteiger partial charge in [-0.2, -0.15) is 5.10 Å². The van der Waals surface area contributed by atoms with E-state index in [1.807, 2.05) is 33.0 Å². The quantitative estimate of drug-likeness (QED) is 0.830. The molecule has 2 rings (SSSR count). The van der Waals surface area contributed by atoms with Crippen molar-refractivity contribution in [2.24, 2.45) is 7.05 Å². The van der Waals surface area contributed by atoms with Crippen molar-refractivity contribution in [3.63, 3.8) is 0 Å². The summed E-state index contributed by atoms with van der Waals surface area (Å²) in [5.74, 6) is 2.46. The third-order valence-electron chi connectivity index (χ3n) is 2.40. The second kappa shape index (κ2) is 3.92. The standard InChI is InChI=1S/C11H16N4O/c1-7-4-5-10(16-7)8(2)13-11-9(12)6-15(3)14-11/h4-6,8H,12H2,1-3H3,(H,13,14). The van der Waals surface area contributed by atoms with Crippen LogP contribution < -0.4 is 11.1 Å². The number of anilines is 2. The van der Waals surface area contributed by atoms with Crippen LogP contribution in [0.15, 0.2) is 22.7 Å². The number of hydrogen-bond donors (Lipinski definition) is 2. The van der Waals surface area contributed by atoms with Gasteiger partial charge < -0.3 is 15.5 Å². The Morgan fingerprint density at radius 3 is 2.75 bits per heavy atom. The highest BCUT2D eigenvalue weighted by Gasteiger charge is 2.12. The van der Waals surface area contributed by atoms with Gasteiger partial charge in [-0.25, -0.2) is 0 Å². The van der Waals surface area contributed by atoms with Crippen molar-refractivity contribution in [1.82, 2.24) is 9.78 Å². The van der Waals surface area contributed by atoms with Gasteiger partial charge in [0.2, 0.25) is 0 Å². The van der Waals surface area contributed by atoms with Gasteiger partial charge in [0.05, 0.1) is 11.7 Å². The van der Waals surface area contributed by atoms with Gasteiger partial charge in [0.1, 0.15) is 11.5 Å². The van der Waals surface area contributed by atoms with E-state index in [0.717, 1.165) is 11.5 Å². The van der Waals surface area contributed by atoms with Crippen LogP contribution in [-0.2, 0) is 7.05 Å². The summed E-state index contributed by atoms with van der Waals surface area (Å²) in [7, 11) is 1.84. The van der Waals surface area contributed by atoms with Crippen molar-refractivity contribution in [2.45, 2.75) is 19.9 Å². The van der Waals surface area contributed by atoms with E-state index in [2.05, 4.69) is 10.4 Å². The van der Waals surface area contributed by atoms with E-state index in [-0.39, 0.29) is 6.04 Å². The fourth-order valence-electron chi connectivity index (χ4n) is 1.58. The van der Waals surface area contributed by atoms with Gasteiger partial charge in [0, 0.05) is 13.2 Å². The first-order valence-electron chi connectivity index (χ1n) is 5.18. The second-order valence-corrected chi connectivity index (χ2v) is 3.92. The Morgan fingerprint density at radius 1 is 1.50 bits per heavy atom. The van der Waals surface area contributed by atoms with Crippen molar-refractivity contribution < 1.29 is 4.42 Å². The van der Waals surface area contributed by atoms with Crippen LogP contribution in [0.4, 0.5) is 11.5 Å². The summed E-state index contributed by atoms with van der Waals surface area (Å²) < 4.78 is 7.20. The highest BCUT2D eigenvalue weighted by Crippen LogP contribution is 2.23. The Bertz CT molecular complexity index is 486. The molecule has 0 saturated heterocycles. The predicted octanol–water partition coefficient (Wildman–Crippen LogP) is 2.08. The van der Waals surface area contributed by atoms with Crippen molar-refractivity contribution in [2.75, 3.05) is 11.1 Å². The Balaban J connectivity index is 2.13. The fourth-order valence-corrected chi connectivity index (χ4v) is 1.58. The maximum atomic E-state index is 5.80. The summed E-state index contributed by atoms with van der Waals surface area (Å²) >= 11 is 0. The number of nitrogens with two attached hydrogens (primary N) is 1. The Labute approximate surface area is 94.2 Å². The summed E-state index contributed by atoms with van der Waals surface area (Å²) in [5, 5.41) is 7.43. The molecule has 0 bridgehead atoms. The van der Waals surface area contributed by atoms with E-state index in [1.165, 1.54) is 0 Å². The molecule has 2 aromatic heterocycles. The summed E-state index contributed by atoms with van der Waals surface area (Å²) in [6.45, 7) is 3.93. The molecule has 3 N–H and O–H groups in total. The molecule has 1 atom stereocenters. The minimum absolute atomic E-state index is 0.0471. The summed E-state index contributed by atoms with van der Waals surface area (Å²) in [5.41, 5.74) is 6.43. The third-order valence-corrected chi connectivity index (χ3v) is 2.40. The average Bonchev–Trinajstić information content (AvgIpc) is 2.74. The van der Waals surface area contributed by atoms with E-state index in [0.29, 0.717) is 11.5 Å². The lowest BCUT2D eigenvalue weighted by Crippen LogP contribution is -2.07. The molecule has 0 aliphatic carbocycles. The van der Waals surface area contributed by atoms with E-state index < -0.39 is 0 Å². The number of rotatable bonds is 3. The van der Waals surface area contributed by atoms with Gasteiger partial charge in [-0.05, 0) is 26.0 Å². The van der Waals surface area contributed by atoms with Crippen LogP contribution in [-0.4, -0.2) is 9.78 Å². The molecule has 0 aliphatic rings. The van der Waals surface area contributed by atoms with Gasteiger partial charge >= 0.3 is 0 Å². The molecule has 0 fully saturated rings. The van der Waals surface area contributed by atoms with Crippen LogP contribution in [0.3, 0.4) is 0 Å². The zero-order valence-electron chi connectivity index (χ0n) is 9.69. The zero-order chi connectivity index (χ0) is 11.7. The maximum absolute atomic E-state index is 5.80. The number of hydrogen-bond acceptors (Lipinski definition) is 4. The first-order chi connectivity index (χ1) is 7.56. The van der Waals surface area contributed by atoms with Gasteiger partial charge in [-0.1, -0.05) is 0 Å². The first-order valence-corrected chi connectivity index (χ1v) is 5.18. The highest BCUT2D eigenvalue weighted by molar-refractivity contribution is 5.60. The topological polar surface area (TPSA) is 69.0 Å². The Hall–Kier alpha value is -1.91. The van der Waals surface area contributed by atoms with Crippen molar-refractivity contribution in [3.05, 3.63) is 29.9 Å². The molecule has 86 valence electrons. The largest absolute Gasteiger partial charge is 0.464 e. The molecular weight excluding hydrogens is 204 g/mol. The van der Waals surface area contributed by atoms with E-state index in [1.54, 1.807) is 10.9 Å². The molecule has 0 spiro atoms. The van der Waals surface area contributed by atoms with Crippen molar-refractivity contribution >= 4 is 11.5 Å². The Kier molecular flexibility index (Phi) is 2.60. The third kappa shape index (κ3) is 2.03. The van der Waals surface area contributed by atoms with Crippen LogP contribution in [0.2, 0.25) is 0 Å². The number of nitrogen functional groups attached to an aromatic ring is 1. The Morgan fingerprint density at radius 2 is 2.25 bits per heavy atom. The molecule has 0 amide bonds. The number of aryl methyl sites for hydroxylation is 2. The van der Waals surface area contributed by atoms with Crippen LogP contribution in [0.25, 0.3) is 0 Å². The molecule has 0 aliphatic heterocycles. The molecule has 0 aromatic carbocycles. The molecule has 16 heavy (non-hydrogen) atoms. The number of furan rings is 1. The normalized spacial score (nSPS) is 12.7. The lowest BCUT2D eigenvalue weighted by Gasteiger charge is -2.10. The van der Waals surface area contributed by atoms with E-state index >= 15 is 0 Å². The average molecular weight is 220 g/mol. The van der Waals surface area contributed by atoms with Crippen LogP contribution in [0.1, 0.15) is 24.5 Å². The molecule has 0 radical (unpaired) electrons. The summed E-state index contributed by atoms with van der Waals surface area (Å²) in [6, 6.07) is 3.94. The monoisotopic (exact) mass is 220 g/mol. The van der Waals surface area contributed by atoms with Crippen LogP contribution in [0.5, 0.6) is 0 Å². The fraction of sp³-hybridized carbons (Fsp3) is 0.364. The molecule has 2 aromatic rings. The van der Waals surface area contributed by atoms with E-state index in [9.17, 15) is 0 Å². The number of nitrogens with zero attached hydrogens (tertiary/aromatic N) is 2. The second-order valence-electron chi connectivity index (χ2n) is 3.92. The molecule has 5 nitrogen and oxygen atoms in total. The van der Waals surface area contributed by atoms with Crippen molar-refractivity contribution in [3.8, 4) is 0 Å². The lowest BCUT2D eigenvalue weighted by molar-refractivity contribution is 0.466. The van der Waals surface area contributed by atoms with Crippen molar-refractivity contribution in [1.29, 1.82) is 0 Å². The highest BCUT2D eigenvalue weighted by atomic mass is 16.3. The molecule has 1 unspecified atom stereocenters. The molecular formula is C11H16N4O. The van der Waals surface area contributed by atoms with Crippen LogP contribution in [0, 0.1) is 6.92 Å². The minimum Gasteiger partial charge on any atom is -0.464 e.